The summed E-state index contributed by atoms with van der Waals surface area (Å²) in [7, 11) is -7.75. The van der Waals surface area contributed by atoms with Gasteiger partial charge in [-0.15, -0.1) is 0 Å². The van der Waals surface area contributed by atoms with Gasteiger partial charge in [-0.25, -0.2) is 16.8 Å². The second-order valence-electron chi connectivity index (χ2n) is 6.23. The van der Waals surface area contributed by atoms with Crippen LogP contribution in [-0.4, -0.2) is 69.6 Å². The summed E-state index contributed by atoms with van der Waals surface area (Å²) in [5.74, 6) is -0.631. The third-order valence-electron chi connectivity index (χ3n) is 4.34. The summed E-state index contributed by atoms with van der Waals surface area (Å²) in [6, 6.07) is 3.44. The highest BCUT2D eigenvalue weighted by molar-refractivity contribution is 7.92. The van der Waals surface area contributed by atoms with Crippen molar-refractivity contribution >= 4 is 25.8 Å². The van der Waals surface area contributed by atoms with Crippen molar-refractivity contribution in [3.8, 4) is 0 Å². The van der Waals surface area contributed by atoms with Gasteiger partial charge < -0.3 is 4.90 Å². The molecule has 0 N–H and O–H groups in total. The van der Waals surface area contributed by atoms with E-state index < -0.39 is 47.7 Å². The van der Waals surface area contributed by atoms with Crippen molar-refractivity contribution in [2.45, 2.75) is 23.2 Å². The number of sulfone groups is 1. The number of nitrogens with zero attached hydrogens (tertiary/aromatic N) is 2. The molecule has 0 aromatic heterocycles. The summed E-state index contributed by atoms with van der Waals surface area (Å²) < 4.78 is 87.6. The van der Waals surface area contributed by atoms with Crippen LogP contribution < -0.4 is 0 Å². The molecule has 152 valence electrons. The number of hydrogen-bond donors (Lipinski definition) is 0. The highest BCUT2D eigenvalue weighted by Crippen LogP contribution is 2.31. The number of hydrogen-bond acceptors (Lipinski definition) is 5. The van der Waals surface area contributed by atoms with Crippen LogP contribution in [0.1, 0.15) is 12.5 Å². The summed E-state index contributed by atoms with van der Waals surface area (Å²) in [5.41, 5.74) is -1.07. The minimum atomic E-state index is -4.67. The molecular weight excluding hydrogens is 409 g/mol. The minimum Gasteiger partial charge on any atom is -0.339 e. The average molecular weight is 428 g/mol. The fraction of sp³-hybridized carbons (Fsp3) is 0.533. The van der Waals surface area contributed by atoms with Crippen LogP contribution in [0.3, 0.4) is 0 Å². The maximum absolute atomic E-state index is 12.8. The molecule has 1 aromatic rings. The topological polar surface area (TPSA) is 91.8 Å². The number of alkyl halides is 3. The zero-order valence-corrected chi connectivity index (χ0v) is 16.2. The lowest BCUT2D eigenvalue weighted by atomic mass is 10.2. The van der Waals surface area contributed by atoms with E-state index in [1.807, 2.05) is 0 Å². The van der Waals surface area contributed by atoms with Crippen LogP contribution in [0.2, 0.25) is 0 Å². The van der Waals surface area contributed by atoms with E-state index in [0.717, 1.165) is 28.8 Å². The zero-order valence-electron chi connectivity index (χ0n) is 14.6. The number of carbonyl (C=O) groups excluding carboxylic acids is 1. The predicted molar refractivity (Wildman–Crippen MR) is 91.1 cm³/mol. The van der Waals surface area contributed by atoms with E-state index in [0.29, 0.717) is 6.07 Å². The van der Waals surface area contributed by atoms with Crippen LogP contribution in [0.25, 0.3) is 0 Å². The van der Waals surface area contributed by atoms with E-state index in [4.69, 9.17) is 0 Å². The van der Waals surface area contributed by atoms with Crippen molar-refractivity contribution in [2.75, 3.05) is 32.4 Å². The second-order valence-corrected chi connectivity index (χ2v) is 10.5. The highest BCUT2D eigenvalue weighted by Gasteiger charge is 2.36. The monoisotopic (exact) mass is 428 g/mol. The summed E-state index contributed by atoms with van der Waals surface area (Å²) in [5, 5.41) is -1.25. The number of halogens is 3. The molecule has 0 radical (unpaired) electrons. The van der Waals surface area contributed by atoms with Gasteiger partial charge in [-0.1, -0.05) is 6.07 Å². The summed E-state index contributed by atoms with van der Waals surface area (Å²) in [6.45, 7) is 0.888. The predicted octanol–water partition coefficient (Wildman–Crippen LogP) is 0.971. The maximum Gasteiger partial charge on any atom is 0.416 e. The first kappa shape index (κ1) is 21.6. The first-order valence-corrected chi connectivity index (χ1v) is 11.3. The van der Waals surface area contributed by atoms with Crippen LogP contribution in [0, 0.1) is 0 Å². The van der Waals surface area contributed by atoms with Gasteiger partial charge in [-0.05, 0) is 25.1 Å². The molecule has 1 heterocycles. The number of benzene rings is 1. The SMILES string of the molecule is C[C@H](C(=O)N1CCN(S(=O)(=O)c2cccc(C(F)(F)F)c2)CC1)S(C)(=O)=O. The summed E-state index contributed by atoms with van der Waals surface area (Å²) in [4.78, 5) is 12.9. The molecule has 1 saturated heterocycles. The third-order valence-corrected chi connectivity index (χ3v) is 7.72. The third kappa shape index (κ3) is 4.79. The van der Waals surface area contributed by atoms with Gasteiger partial charge in [0, 0.05) is 32.4 Å². The molecule has 1 aliphatic rings. The zero-order chi connectivity index (χ0) is 20.6. The number of sulfonamides is 1. The number of rotatable bonds is 4. The van der Waals surface area contributed by atoms with Gasteiger partial charge in [-0.3, -0.25) is 4.79 Å². The Bertz CT molecular complexity index is 921. The lowest BCUT2D eigenvalue weighted by Crippen LogP contribution is -2.53. The summed E-state index contributed by atoms with van der Waals surface area (Å²) >= 11 is 0. The van der Waals surface area contributed by atoms with Gasteiger partial charge in [-0.2, -0.15) is 17.5 Å². The lowest BCUT2D eigenvalue weighted by Gasteiger charge is -2.35. The molecule has 0 saturated carbocycles. The summed E-state index contributed by atoms with van der Waals surface area (Å²) in [6.07, 6.45) is -3.73. The van der Waals surface area contributed by atoms with E-state index in [-0.39, 0.29) is 26.2 Å². The molecule has 0 bridgehead atoms. The van der Waals surface area contributed by atoms with E-state index in [2.05, 4.69) is 0 Å². The van der Waals surface area contributed by atoms with Crippen LogP contribution in [0.15, 0.2) is 29.2 Å². The molecule has 27 heavy (non-hydrogen) atoms. The van der Waals surface area contributed by atoms with Gasteiger partial charge in [0.1, 0.15) is 5.25 Å². The maximum atomic E-state index is 12.8. The Balaban J connectivity index is 2.15. The normalized spacial score (nSPS) is 18.3. The quantitative estimate of drug-likeness (QED) is 0.713. The van der Waals surface area contributed by atoms with Gasteiger partial charge in [0.05, 0.1) is 10.5 Å². The van der Waals surface area contributed by atoms with Crippen LogP contribution in [0.4, 0.5) is 13.2 Å². The smallest absolute Gasteiger partial charge is 0.339 e. The van der Waals surface area contributed by atoms with Crippen LogP contribution >= 0.6 is 0 Å². The van der Waals surface area contributed by atoms with E-state index in [9.17, 15) is 34.8 Å². The van der Waals surface area contributed by atoms with Gasteiger partial charge >= 0.3 is 6.18 Å². The van der Waals surface area contributed by atoms with Gasteiger partial charge in [0.25, 0.3) is 0 Å². The molecule has 0 aliphatic carbocycles. The average Bonchev–Trinajstić information content (AvgIpc) is 2.59. The Labute approximate surface area is 155 Å². The fourth-order valence-corrected chi connectivity index (χ4v) is 4.55. The molecular formula is C15H19F3N2O5S2. The molecule has 12 heteroatoms. The molecule has 1 atom stereocenters. The molecule has 1 amide bonds. The minimum absolute atomic E-state index is 0.0448. The Morgan fingerprint density at radius 2 is 1.63 bits per heavy atom. The molecule has 0 spiro atoms. The molecule has 1 aromatic carbocycles. The Kier molecular flexibility index (Phi) is 5.93. The van der Waals surface area contributed by atoms with Crippen molar-refractivity contribution < 1.29 is 34.8 Å². The highest BCUT2D eigenvalue weighted by atomic mass is 32.2. The van der Waals surface area contributed by atoms with Crippen LogP contribution in [-0.2, 0) is 30.8 Å². The standard InChI is InChI=1S/C15H19F3N2O5S2/c1-11(26(2,22)23)14(21)19-6-8-20(9-7-19)27(24,25)13-5-3-4-12(10-13)15(16,17)18/h3-5,10-11H,6-9H2,1-2H3/t11-/m1/s1. The molecule has 1 aliphatic heterocycles. The first-order chi connectivity index (χ1) is 12.2. The molecule has 2 rings (SSSR count). The van der Waals surface area contributed by atoms with E-state index >= 15 is 0 Å². The van der Waals surface area contributed by atoms with E-state index in [1.165, 1.54) is 11.8 Å². The van der Waals surface area contributed by atoms with E-state index in [1.54, 1.807) is 0 Å². The van der Waals surface area contributed by atoms with Crippen molar-refractivity contribution in [3.63, 3.8) is 0 Å². The number of piperazine rings is 1. The first-order valence-electron chi connectivity index (χ1n) is 7.89. The Morgan fingerprint density at radius 3 is 2.11 bits per heavy atom. The van der Waals surface area contributed by atoms with Gasteiger partial charge in [0.15, 0.2) is 9.84 Å². The molecule has 7 nitrogen and oxygen atoms in total. The largest absolute Gasteiger partial charge is 0.416 e. The number of carbonyl (C=O) groups is 1. The molecule has 1 fully saturated rings. The van der Waals surface area contributed by atoms with Gasteiger partial charge in [0.2, 0.25) is 15.9 Å². The van der Waals surface area contributed by atoms with Crippen molar-refractivity contribution in [2.24, 2.45) is 0 Å². The fourth-order valence-electron chi connectivity index (χ4n) is 2.57. The van der Waals surface area contributed by atoms with Crippen LogP contribution in [0.5, 0.6) is 0 Å². The van der Waals surface area contributed by atoms with Crippen molar-refractivity contribution in [3.05, 3.63) is 29.8 Å². The Hall–Kier alpha value is -1.66. The van der Waals surface area contributed by atoms with Crippen molar-refractivity contribution in [1.29, 1.82) is 0 Å². The second kappa shape index (κ2) is 7.40. The molecule has 0 unspecified atom stereocenters. The Morgan fingerprint density at radius 1 is 1.07 bits per heavy atom. The van der Waals surface area contributed by atoms with Crippen molar-refractivity contribution in [1.82, 2.24) is 9.21 Å². The number of amides is 1. The lowest BCUT2D eigenvalue weighted by molar-refractivity contribution is -0.137.